The maximum absolute atomic E-state index is 5.06. The van der Waals surface area contributed by atoms with Crippen LogP contribution in [0.15, 0.2) is 10.9 Å². The first-order valence-electron chi connectivity index (χ1n) is 7.14. The number of aromatic nitrogens is 2. The van der Waals surface area contributed by atoms with Crippen molar-refractivity contribution in [2.24, 2.45) is 0 Å². The molecule has 5 nitrogen and oxygen atoms in total. The Kier molecular flexibility index (Phi) is 3.90. The highest BCUT2D eigenvalue weighted by molar-refractivity contribution is 4.84. The molecule has 0 N–H and O–H groups in total. The third kappa shape index (κ3) is 2.90. The standard InChI is InChI=1S/C13H22N4O/c1-2-7-17-8-3-6-16(10-12(17)4-1)9-5-13-14-11-15-18-13/h11-12H,1-10H2. The summed E-state index contributed by atoms with van der Waals surface area (Å²) in [7, 11) is 0. The van der Waals surface area contributed by atoms with Gasteiger partial charge < -0.3 is 9.42 Å². The van der Waals surface area contributed by atoms with Crippen LogP contribution in [0.25, 0.3) is 0 Å². The Morgan fingerprint density at radius 1 is 1.22 bits per heavy atom. The van der Waals surface area contributed by atoms with Crippen molar-refractivity contribution in [1.82, 2.24) is 19.9 Å². The molecule has 5 heteroatoms. The second-order valence-corrected chi connectivity index (χ2v) is 5.42. The molecule has 2 aliphatic heterocycles. The number of nitrogens with zero attached hydrogens (tertiary/aromatic N) is 4. The van der Waals surface area contributed by atoms with Gasteiger partial charge in [0.25, 0.3) is 0 Å². The Balaban J connectivity index is 1.53. The molecule has 2 saturated heterocycles. The molecule has 18 heavy (non-hydrogen) atoms. The number of piperidine rings is 1. The molecule has 1 unspecified atom stereocenters. The lowest BCUT2D eigenvalue weighted by molar-refractivity contribution is 0.136. The number of hydrogen-bond acceptors (Lipinski definition) is 5. The van der Waals surface area contributed by atoms with Gasteiger partial charge in [0, 0.05) is 25.6 Å². The van der Waals surface area contributed by atoms with Crippen LogP contribution in [0.4, 0.5) is 0 Å². The van der Waals surface area contributed by atoms with E-state index in [4.69, 9.17) is 4.52 Å². The predicted molar refractivity (Wildman–Crippen MR) is 68.3 cm³/mol. The molecular weight excluding hydrogens is 228 g/mol. The first-order chi connectivity index (χ1) is 8.92. The van der Waals surface area contributed by atoms with E-state index in [-0.39, 0.29) is 0 Å². The van der Waals surface area contributed by atoms with Crippen LogP contribution in [0.5, 0.6) is 0 Å². The molecular formula is C13H22N4O. The molecule has 2 aliphatic rings. The van der Waals surface area contributed by atoms with Gasteiger partial charge in [0.2, 0.25) is 5.89 Å². The van der Waals surface area contributed by atoms with Crippen LogP contribution in [-0.2, 0) is 6.42 Å². The average molecular weight is 250 g/mol. The molecule has 0 radical (unpaired) electrons. The van der Waals surface area contributed by atoms with Gasteiger partial charge in [0.15, 0.2) is 6.33 Å². The first-order valence-corrected chi connectivity index (χ1v) is 7.14. The van der Waals surface area contributed by atoms with Crippen molar-refractivity contribution in [3.63, 3.8) is 0 Å². The van der Waals surface area contributed by atoms with Crippen LogP contribution in [0.2, 0.25) is 0 Å². The largest absolute Gasteiger partial charge is 0.340 e. The maximum atomic E-state index is 5.06. The fraction of sp³-hybridized carbons (Fsp3) is 0.846. The van der Waals surface area contributed by atoms with E-state index >= 15 is 0 Å². The Morgan fingerprint density at radius 3 is 3.06 bits per heavy atom. The molecule has 100 valence electrons. The van der Waals surface area contributed by atoms with Crippen molar-refractivity contribution in [3.05, 3.63) is 12.2 Å². The Hall–Kier alpha value is -0.940. The van der Waals surface area contributed by atoms with Gasteiger partial charge in [-0.15, -0.1) is 0 Å². The predicted octanol–water partition coefficient (Wildman–Crippen LogP) is 1.17. The van der Waals surface area contributed by atoms with Crippen LogP contribution in [0.1, 0.15) is 31.6 Å². The summed E-state index contributed by atoms with van der Waals surface area (Å²) in [5, 5.41) is 3.66. The van der Waals surface area contributed by atoms with Crippen molar-refractivity contribution in [2.75, 3.05) is 32.7 Å². The van der Waals surface area contributed by atoms with Crippen LogP contribution in [0, 0.1) is 0 Å². The number of rotatable bonds is 3. The molecule has 0 spiro atoms. The summed E-state index contributed by atoms with van der Waals surface area (Å²) in [5.41, 5.74) is 0. The van der Waals surface area contributed by atoms with Crippen molar-refractivity contribution in [2.45, 2.75) is 38.1 Å². The van der Waals surface area contributed by atoms with E-state index in [1.54, 1.807) is 0 Å². The Morgan fingerprint density at radius 2 is 2.17 bits per heavy atom. The minimum atomic E-state index is 0.764. The summed E-state index contributed by atoms with van der Waals surface area (Å²) in [4.78, 5) is 9.35. The van der Waals surface area contributed by atoms with E-state index in [1.807, 2.05) is 0 Å². The summed E-state index contributed by atoms with van der Waals surface area (Å²) >= 11 is 0. The quantitative estimate of drug-likeness (QED) is 0.806. The Bertz CT molecular complexity index is 354. The minimum absolute atomic E-state index is 0.764. The second-order valence-electron chi connectivity index (χ2n) is 5.42. The highest BCUT2D eigenvalue weighted by Crippen LogP contribution is 2.20. The van der Waals surface area contributed by atoms with E-state index in [1.165, 1.54) is 58.2 Å². The molecule has 3 rings (SSSR count). The monoisotopic (exact) mass is 250 g/mol. The lowest BCUT2D eigenvalue weighted by Gasteiger charge is -2.35. The van der Waals surface area contributed by atoms with Gasteiger partial charge in [-0.25, -0.2) is 0 Å². The normalized spacial score (nSPS) is 26.8. The smallest absolute Gasteiger partial charge is 0.227 e. The zero-order valence-electron chi connectivity index (χ0n) is 10.9. The minimum Gasteiger partial charge on any atom is -0.340 e. The summed E-state index contributed by atoms with van der Waals surface area (Å²) in [5.74, 6) is 0.764. The molecule has 0 aliphatic carbocycles. The van der Waals surface area contributed by atoms with Gasteiger partial charge in [-0.3, -0.25) is 4.90 Å². The highest BCUT2D eigenvalue weighted by atomic mass is 16.5. The third-order valence-corrected chi connectivity index (χ3v) is 4.19. The molecule has 1 aromatic heterocycles. The van der Waals surface area contributed by atoms with E-state index in [9.17, 15) is 0 Å². The molecule has 0 bridgehead atoms. The number of hydrogen-bond donors (Lipinski definition) is 0. The highest BCUT2D eigenvalue weighted by Gasteiger charge is 2.26. The second kappa shape index (κ2) is 5.80. The van der Waals surface area contributed by atoms with Crippen LogP contribution >= 0.6 is 0 Å². The van der Waals surface area contributed by atoms with Crippen LogP contribution < -0.4 is 0 Å². The zero-order chi connectivity index (χ0) is 12.2. The van der Waals surface area contributed by atoms with E-state index < -0.39 is 0 Å². The third-order valence-electron chi connectivity index (χ3n) is 4.19. The van der Waals surface area contributed by atoms with Crippen LogP contribution in [-0.4, -0.2) is 58.7 Å². The number of fused-ring (bicyclic) bond motifs is 1. The van der Waals surface area contributed by atoms with Gasteiger partial charge in [0.05, 0.1) is 0 Å². The average Bonchev–Trinajstić information content (AvgIpc) is 2.82. The zero-order valence-corrected chi connectivity index (χ0v) is 10.9. The fourth-order valence-corrected chi connectivity index (χ4v) is 3.21. The van der Waals surface area contributed by atoms with Crippen molar-refractivity contribution in [1.29, 1.82) is 0 Å². The van der Waals surface area contributed by atoms with Gasteiger partial charge in [0.1, 0.15) is 0 Å². The summed E-state index contributed by atoms with van der Waals surface area (Å²) in [6.45, 7) is 6.06. The molecule has 3 heterocycles. The molecule has 2 fully saturated rings. The SMILES string of the molecule is c1noc(CCN2CCCN3CCCCC3C2)n1. The molecule has 1 aromatic rings. The summed E-state index contributed by atoms with van der Waals surface area (Å²) in [6, 6.07) is 0.781. The van der Waals surface area contributed by atoms with E-state index in [0.29, 0.717) is 0 Å². The molecule has 0 saturated carbocycles. The maximum Gasteiger partial charge on any atom is 0.227 e. The fourth-order valence-electron chi connectivity index (χ4n) is 3.21. The van der Waals surface area contributed by atoms with Crippen molar-refractivity contribution >= 4 is 0 Å². The van der Waals surface area contributed by atoms with Crippen LogP contribution in [0.3, 0.4) is 0 Å². The Labute approximate surface area is 108 Å². The summed E-state index contributed by atoms with van der Waals surface area (Å²) < 4.78 is 5.06. The summed E-state index contributed by atoms with van der Waals surface area (Å²) in [6.07, 6.45) is 7.82. The molecule has 0 aromatic carbocycles. The molecule has 0 amide bonds. The van der Waals surface area contributed by atoms with Gasteiger partial charge in [-0.1, -0.05) is 11.6 Å². The first kappa shape index (κ1) is 12.1. The molecule has 1 atom stereocenters. The van der Waals surface area contributed by atoms with E-state index in [2.05, 4.69) is 19.9 Å². The lowest BCUT2D eigenvalue weighted by Crippen LogP contribution is -2.44. The van der Waals surface area contributed by atoms with E-state index in [0.717, 1.165) is 24.9 Å². The van der Waals surface area contributed by atoms with Gasteiger partial charge >= 0.3 is 0 Å². The van der Waals surface area contributed by atoms with Crippen molar-refractivity contribution in [3.8, 4) is 0 Å². The van der Waals surface area contributed by atoms with Gasteiger partial charge in [-0.05, 0) is 38.9 Å². The van der Waals surface area contributed by atoms with Gasteiger partial charge in [-0.2, -0.15) is 4.98 Å². The topological polar surface area (TPSA) is 45.4 Å². The van der Waals surface area contributed by atoms with Crippen molar-refractivity contribution < 1.29 is 4.52 Å². The lowest BCUT2D eigenvalue weighted by atomic mass is 10.0.